The van der Waals surface area contributed by atoms with Crippen LogP contribution in [0.2, 0.25) is 5.02 Å². The minimum Gasteiger partial charge on any atom is -0.480 e. The highest BCUT2D eigenvalue weighted by Gasteiger charge is 2.26. The molecule has 0 aliphatic rings. The summed E-state index contributed by atoms with van der Waals surface area (Å²) in [6, 6.07) is 10.0. The molecule has 0 saturated carbocycles. The molecule has 6 nitrogen and oxygen atoms in total. The summed E-state index contributed by atoms with van der Waals surface area (Å²) >= 11 is 5.91. The van der Waals surface area contributed by atoms with Crippen molar-refractivity contribution in [3.63, 3.8) is 0 Å². The molecule has 148 valence electrons. The molecule has 0 spiro atoms. The van der Waals surface area contributed by atoms with Crippen LogP contribution in [0.1, 0.15) is 18.1 Å². The van der Waals surface area contributed by atoms with Gasteiger partial charge in [-0.25, -0.2) is 9.18 Å². The Balaban J connectivity index is 2.14. The summed E-state index contributed by atoms with van der Waals surface area (Å²) in [4.78, 5) is 35.7. The Kier molecular flexibility index (Phi) is 7.52. The highest BCUT2D eigenvalue weighted by atomic mass is 35.5. The van der Waals surface area contributed by atoms with E-state index in [1.54, 1.807) is 30.3 Å². The summed E-state index contributed by atoms with van der Waals surface area (Å²) in [7, 11) is 0. The third-order valence-corrected chi connectivity index (χ3v) is 4.20. The standard InChI is InChI=1S/C20H20ClFN2O4/c1-12(25)23-17(10-14-5-3-7-16(22)9-14)19(26)24-18(20(27)28)11-13-4-2-6-15(21)8-13/h2-9,17-18H,10-11H2,1H3,(H,23,25)(H,24,26)(H,27,28)/t17-,18+/m0/s1. The van der Waals surface area contributed by atoms with Gasteiger partial charge in [0.05, 0.1) is 0 Å². The van der Waals surface area contributed by atoms with E-state index in [0.717, 1.165) is 0 Å². The van der Waals surface area contributed by atoms with Crippen molar-refractivity contribution in [1.82, 2.24) is 10.6 Å². The van der Waals surface area contributed by atoms with E-state index < -0.39 is 35.7 Å². The number of nitrogens with one attached hydrogen (secondary N) is 2. The van der Waals surface area contributed by atoms with Crippen LogP contribution in [0.5, 0.6) is 0 Å². The van der Waals surface area contributed by atoms with Gasteiger partial charge in [0.2, 0.25) is 11.8 Å². The average molecular weight is 407 g/mol. The number of benzene rings is 2. The minimum absolute atomic E-state index is 0.0205. The number of carboxylic acids is 1. The van der Waals surface area contributed by atoms with Crippen LogP contribution in [0.15, 0.2) is 48.5 Å². The molecule has 8 heteroatoms. The molecule has 0 aliphatic heterocycles. The maximum Gasteiger partial charge on any atom is 0.326 e. The second kappa shape index (κ2) is 9.85. The Labute approximate surface area is 166 Å². The zero-order valence-corrected chi connectivity index (χ0v) is 15.9. The number of aliphatic carboxylic acids is 1. The number of carboxylic acid groups (broad SMARTS) is 1. The number of carbonyl (C=O) groups excluding carboxylic acids is 2. The van der Waals surface area contributed by atoms with Crippen molar-refractivity contribution in [2.24, 2.45) is 0 Å². The lowest BCUT2D eigenvalue weighted by molar-refractivity contribution is -0.142. The third kappa shape index (κ3) is 6.66. The van der Waals surface area contributed by atoms with Crippen LogP contribution >= 0.6 is 11.6 Å². The summed E-state index contributed by atoms with van der Waals surface area (Å²) in [6.07, 6.45) is 0.0427. The van der Waals surface area contributed by atoms with Gasteiger partial charge in [-0.15, -0.1) is 0 Å². The molecule has 2 atom stereocenters. The topological polar surface area (TPSA) is 95.5 Å². The summed E-state index contributed by atoms with van der Waals surface area (Å²) in [5, 5.41) is 14.8. The quantitative estimate of drug-likeness (QED) is 0.627. The fraction of sp³-hybridized carbons (Fsp3) is 0.250. The Morgan fingerprint density at radius 2 is 1.61 bits per heavy atom. The second-order valence-electron chi connectivity index (χ2n) is 6.32. The number of hydrogen-bond acceptors (Lipinski definition) is 3. The van der Waals surface area contributed by atoms with Gasteiger partial charge in [0.25, 0.3) is 0 Å². The van der Waals surface area contributed by atoms with Gasteiger partial charge in [0, 0.05) is 24.8 Å². The summed E-state index contributed by atoms with van der Waals surface area (Å²) in [6.45, 7) is 1.24. The Morgan fingerprint density at radius 1 is 1.00 bits per heavy atom. The highest BCUT2D eigenvalue weighted by molar-refractivity contribution is 6.30. The largest absolute Gasteiger partial charge is 0.480 e. The molecule has 0 fully saturated rings. The molecule has 3 N–H and O–H groups in total. The van der Waals surface area contributed by atoms with Gasteiger partial charge in [0.15, 0.2) is 0 Å². The first-order chi connectivity index (χ1) is 13.2. The molecule has 2 aromatic carbocycles. The molecule has 0 unspecified atom stereocenters. The minimum atomic E-state index is -1.22. The van der Waals surface area contributed by atoms with Crippen LogP contribution in [0.4, 0.5) is 4.39 Å². The molecule has 0 aromatic heterocycles. The van der Waals surface area contributed by atoms with Crippen LogP contribution in [0.3, 0.4) is 0 Å². The lowest BCUT2D eigenvalue weighted by Gasteiger charge is -2.21. The van der Waals surface area contributed by atoms with E-state index in [0.29, 0.717) is 16.1 Å². The average Bonchev–Trinajstić information content (AvgIpc) is 2.60. The molecular weight excluding hydrogens is 387 g/mol. The monoisotopic (exact) mass is 406 g/mol. The number of hydrogen-bond donors (Lipinski definition) is 3. The zero-order chi connectivity index (χ0) is 20.7. The van der Waals surface area contributed by atoms with Gasteiger partial charge in [0.1, 0.15) is 17.9 Å². The first-order valence-electron chi connectivity index (χ1n) is 8.53. The Hall–Kier alpha value is -2.93. The van der Waals surface area contributed by atoms with Gasteiger partial charge >= 0.3 is 5.97 Å². The van der Waals surface area contributed by atoms with E-state index in [1.807, 2.05) is 0 Å². The molecule has 2 amide bonds. The van der Waals surface area contributed by atoms with Crippen molar-refractivity contribution in [2.45, 2.75) is 31.8 Å². The van der Waals surface area contributed by atoms with E-state index in [-0.39, 0.29) is 12.8 Å². The van der Waals surface area contributed by atoms with Crippen molar-refractivity contribution >= 4 is 29.4 Å². The number of carbonyl (C=O) groups is 3. The van der Waals surface area contributed by atoms with E-state index in [9.17, 15) is 23.9 Å². The van der Waals surface area contributed by atoms with Gasteiger partial charge in [-0.1, -0.05) is 35.9 Å². The van der Waals surface area contributed by atoms with Crippen LogP contribution in [-0.4, -0.2) is 35.0 Å². The van der Waals surface area contributed by atoms with Crippen molar-refractivity contribution in [2.75, 3.05) is 0 Å². The first-order valence-corrected chi connectivity index (χ1v) is 8.91. The molecule has 0 radical (unpaired) electrons. The Bertz CT molecular complexity index is 875. The summed E-state index contributed by atoms with van der Waals surface area (Å²) in [5.41, 5.74) is 1.14. The van der Waals surface area contributed by atoms with Crippen molar-refractivity contribution in [3.8, 4) is 0 Å². The fourth-order valence-electron chi connectivity index (χ4n) is 2.73. The number of rotatable bonds is 8. The molecule has 28 heavy (non-hydrogen) atoms. The molecule has 2 rings (SSSR count). The SMILES string of the molecule is CC(=O)N[C@@H](Cc1cccc(F)c1)C(=O)N[C@H](Cc1cccc(Cl)c1)C(=O)O. The van der Waals surface area contributed by atoms with Crippen molar-refractivity contribution < 1.29 is 23.9 Å². The van der Waals surface area contributed by atoms with Crippen LogP contribution < -0.4 is 10.6 Å². The fourth-order valence-corrected chi connectivity index (χ4v) is 2.94. The second-order valence-corrected chi connectivity index (χ2v) is 6.76. The molecular formula is C20H20ClFN2O4. The van der Waals surface area contributed by atoms with Gasteiger partial charge in [-0.05, 0) is 35.4 Å². The normalized spacial score (nSPS) is 12.7. The van der Waals surface area contributed by atoms with Crippen molar-refractivity contribution in [1.29, 1.82) is 0 Å². The van der Waals surface area contributed by atoms with Crippen LogP contribution in [0, 0.1) is 5.82 Å². The predicted molar refractivity (Wildman–Crippen MR) is 102 cm³/mol. The van der Waals surface area contributed by atoms with Crippen LogP contribution in [0.25, 0.3) is 0 Å². The van der Waals surface area contributed by atoms with E-state index in [2.05, 4.69) is 10.6 Å². The molecule has 2 aromatic rings. The van der Waals surface area contributed by atoms with Crippen molar-refractivity contribution in [3.05, 3.63) is 70.5 Å². The molecule has 0 aliphatic carbocycles. The predicted octanol–water partition coefficient (Wildman–Crippen LogP) is 2.34. The smallest absolute Gasteiger partial charge is 0.326 e. The molecule has 0 heterocycles. The van der Waals surface area contributed by atoms with Gasteiger partial charge < -0.3 is 15.7 Å². The van der Waals surface area contributed by atoms with Gasteiger partial charge in [-0.3, -0.25) is 9.59 Å². The Morgan fingerprint density at radius 3 is 2.18 bits per heavy atom. The van der Waals surface area contributed by atoms with E-state index in [1.165, 1.54) is 25.1 Å². The molecule has 0 bridgehead atoms. The summed E-state index contributed by atoms with van der Waals surface area (Å²) < 4.78 is 13.4. The first kappa shape index (κ1) is 21.4. The van der Waals surface area contributed by atoms with Crippen LogP contribution in [-0.2, 0) is 27.2 Å². The molecule has 0 saturated heterocycles. The lowest BCUT2D eigenvalue weighted by Crippen LogP contribution is -2.52. The zero-order valence-electron chi connectivity index (χ0n) is 15.1. The van der Waals surface area contributed by atoms with E-state index >= 15 is 0 Å². The van der Waals surface area contributed by atoms with Gasteiger partial charge in [-0.2, -0.15) is 0 Å². The van der Waals surface area contributed by atoms with E-state index in [4.69, 9.17) is 11.6 Å². The maximum absolute atomic E-state index is 13.4. The third-order valence-electron chi connectivity index (χ3n) is 3.97. The highest BCUT2D eigenvalue weighted by Crippen LogP contribution is 2.13. The summed E-state index contributed by atoms with van der Waals surface area (Å²) in [5.74, 6) is -2.82. The lowest BCUT2D eigenvalue weighted by atomic mass is 10.0. The maximum atomic E-state index is 13.4. The number of halogens is 2. The number of amides is 2.